The predicted octanol–water partition coefficient (Wildman–Crippen LogP) is 4.57. The normalized spacial score (nSPS) is 11.5. The Balaban J connectivity index is 0.00000306. The van der Waals surface area contributed by atoms with Gasteiger partial charge in [0.05, 0.1) is 25.3 Å². The van der Waals surface area contributed by atoms with Gasteiger partial charge in [-0.1, -0.05) is 31.7 Å². The molecule has 2 heterocycles. The van der Waals surface area contributed by atoms with Crippen molar-refractivity contribution >= 4 is 23.0 Å². The number of benzene rings is 2. The van der Waals surface area contributed by atoms with Gasteiger partial charge in [-0.05, 0) is 48.4 Å². The van der Waals surface area contributed by atoms with Crippen LogP contribution in [0, 0.1) is 5.82 Å². The minimum atomic E-state index is -0.394. The summed E-state index contributed by atoms with van der Waals surface area (Å²) in [6.07, 6.45) is 1.65. The van der Waals surface area contributed by atoms with Crippen molar-refractivity contribution in [1.82, 2.24) is 14.5 Å². The molecule has 0 aliphatic rings. The summed E-state index contributed by atoms with van der Waals surface area (Å²) in [5.41, 5.74) is 2.45. The van der Waals surface area contributed by atoms with Crippen LogP contribution in [0.5, 0.6) is 0 Å². The maximum absolute atomic E-state index is 13.2. The van der Waals surface area contributed by atoms with Gasteiger partial charge in [0.1, 0.15) is 11.5 Å². The average molecular weight is 448 g/mol. The number of nitrogens with zero attached hydrogens (tertiary/aromatic N) is 3. The second kappa shape index (κ2) is 10.0. The van der Waals surface area contributed by atoms with Crippen molar-refractivity contribution in [2.75, 3.05) is 12.4 Å². The van der Waals surface area contributed by atoms with E-state index in [9.17, 15) is 14.0 Å². The van der Waals surface area contributed by atoms with Crippen molar-refractivity contribution in [3.63, 3.8) is 0 Å². The highest BCUT2D eigenvalue weighted by atomic mass is 19.1. The number of carbonyl (C=O) groups excluding carboxylic acids is 1. The molecule has 0 aliphatic heterocycles. The number of halogens is 1. The van der Waals surface area contributed by atoms with Gasteiger partial charge in [0.2, 0.25) is 5.95 Å². The molecular weight excluding hydrogens is 423 g/mol. The van der Waals surface area contributed by atoms with E-state index in [4.69, 9.17) is 4.74 Å². The number of fused-ring (bicyclic) bond motifs is 1. The number of methoxy groups -OCH3 is 1. The van der Waals surface area contributed by atoms with E-state index in [0.29, 0.717) is 22.5 Å². The third-order valence-corrected chi connectivity index (χ3v) is 5.15. The van der Waals surface area contributed by atoms with Crippen LogP contribution in [0.4, 0.5) is 10.3 Å². The maximum Gasteiger partial charge on any atom is 0.337 e. The van der Waals surface area contributed by atoms with Crippen LogP contribution in [0.2, 0.25) is 0 Å². The van der Waals surface area contributed by atoms with E-state index >= 15 is 0 Å². The van der Waals surface area contributed by atoms with Gasteiger partial charge in [-0.15, -0.1) is 0 Å². The third kappa shape index (κ3) is 5.23. The SMILES string of the molecule is C.COC(=O)c1ccc([C@H](C)Nc2ncc3ccc(=O)n(Cc4ccc(F)cc4)c3n2)cc1. The van der Waals surface area contributed by atoms with Gasteiger partial charge in [-0.3, -0.25) is 9.36 Å². The summed E-state index contributed by atoms with van der Waals surface area (Å²) >= 11 is 0. The molecule has 0 amide bonds. The van der Waals surface area contributed by atoms with Crippen LogP contribution in [0.25, 0.3) is 11.0 Å². The smallest absolute Gasteiger partial charge is 0.337 e. The molecule has 0 spiro atoms. The van der Waals surface area contributed by atoms with Crippen LogP contribution in [0.3, 0.4) is 0 Å². The van der Waals surface area contributed by atoms with Gasteiger partial charge in [0.15, 0.2) is 0 Å². The van der Waals surface area contributed by atoms with Gasteiger partial charge in [0.25, 0.3) is 5.56 Å². The lowest BCUT2D eigenvalue weighted by atomic mass is 10.1. The summed E-state index contributed by atoms with van der Waals surface area (Å²) in [6.45, 7) is 2.20. The number of pyridine rings is 1. The van der Waals surface area contributed by atoms with Gasteiger partial charge < -0.3 is 10.1 Å². The van der Waals surface area contributed by atoms with Gasteiger partial charge in [-0.25, -0.2) is 14.2 Å². The second-order valence-electron chi connectivity index (χ2n) is 7.34. The highest BCUT2D eigenvalue weighted by molar-refractivity contribution is 5.89. The van der Waals surface area contributed by atoms with Crippen LogP contribution in [-0.4, -0.2) is 27.6 Å². The fraction of sp³-hybridized carbons (Fsp3) is 0.200. The van der Waals surface area contributed by atoms with Crippen molar-refractivity contribution in [3.05, 3.63) is 99.7 Å². The molecule has 8 heteroatoms. The number of aromatic nitrogens is 3. The van der Waals surface area contributed by atoms with Crippen molar-refractivity contribution in [3.8, 4) is 0 Å². The molecular formula is C25H25FN4O3. The molecule has 0 fully saturated rings. The summed E-state index contributed by atoms with van der Waals surface area (Å²) in [7, 11) is 1.34. The van der Waals surface area contributed by atoms with Crippen LogP contribution in [0.1, 0.15) is 41.9 Å². The molecule has 1 atom stereocenters. The highest BCUT2D eigenvalue weighted by Crippen LogP contribution is 2.19. The third-order valence-electron chi connectivity index (χ3n) is 5.15. The molecule has 2 aromatic carbocycles. The molecule has 1 N–H and O–H groups in total. The van der Waals surface area contributed by atoms with Crippen molar-refractivity contribution < 1.29 is 13.9 Å². The summed E-state index contributed by atoms with van der Waals surface area (Å²) in [5, 5.41) is 3.94. The Bertz CT molecular complexity index is 1320. The number of hydrogen-bond donors (Lipinski definition) is 1. The zero-order valence-corrected chi connectivity index (χ0v) is 17.6. The molecule has 0 bridgehead atoms. The van der Waals surface area contributed by atoms with Gasteiger partial charge in [-0.2, -0.15) is 4.98 Å². The number of carbonyl (C=O) groups is 1. The fourth-order valence-electron chi connectivity index (χ4n) is 3.37. The van der Waals surface area contributed by atoms with E-state index < -0.39 is 5.97 Å². The van der Waals surface area contributed by atoms with Gasteiger partial charge >= 0.3 is 5.97 Å². The van der Waals surface area contributed by atoms with Crippen molar-refractivity contribution in [2.24, 2.45) is 0 Å². The molecule has 0 aliphatic carbocycles. The predicted molar refractivity (Wildman–Crippen MR) is 126 cm³/mol. The molecule has 0 saturated heterocycles. The van der Waals surface area contributed by atoms with E-state index in [1.54, 1.807) is 36.5 Å². The zero-order valence-electron chi connectivity index (χ0n) is 17.6. The maximum atomic E-state index is 13.2. The Morgan fingerprint density at radius 1 is 1.09 bits per heavy atom. The lowest BCUT2D eigenvalue weighted by Crippen LogP contribution is -2.21. The van der Waals surface area contributed by atoms with Crippen molar-refractivity contribution in [1.29, 1.82) is 0 Å². The number of rotatable bonds is 6. The van der Waals surface area contributed by atoms with Crippen LogP contribution in [-0.2, 0) is 11.3 Å². The molecule has 170 valence electrons. The Morgan fingerprint density at radius 3 is 2.45 bits per heavy atom. The molecule has 4 rings (SSSR count). The number of hydrogen-bond acceptors (Lipinski definition) is 6. The van der Waals surface area contributed by atoms with Crippen LogP contribution < -0.4 is 10.9 Å². The number of esters is 1. The van der Waals surface area contributed by atoms with E-state index in [2.05, 4.69) is 15.3 Å². The molecule has 33 heavy (non-hydrogen) atoms. The summed E-state index contributed by atoms with van der Waals surface area (Å²) in [5.74, 6) is -0.365. The topological polar surface area (TPSA) is 86.1 Å². The fourth-order valence-corrected chi connectivity index (χ4v) is 3.37. The molecule has 0 radical (unpaired) electrons. The summed E-state index contributed by atoms with van der Waals surface area (Å²) in [4.78, 5) is 33.1. The first-order valence-corrected chi connectivity index (χ1v) is 10.0. The number of nitrogens with one attached hydrogen (secondary N) is 1. The minimum Gasteiger partial charge on any atom is -0.465 e. The van der Waals surface area contributed by atoms with E-state index in [1.165, 1.54) is 29.9 Å². The molecule has 4 aromatic rings. The van der Waals surface area contributed by atoms with E-state index in [0.717, 1.165) is 11.1 Å². The number of anilines is 1. The molecule has 0 saturated carbocycles. The Morgan fingerprint density at radius 2 is 1.79 bits per heavy atom. The minimum absolute atomic E-state index is 0. The summed E-state index contributed by atoms with van der Waals surface area (Å²) in [6, 6.07) is 16.0. The van der Waals surface area contributed by atoms with Crippen molar-refractivity contribution in [2.45, 2.75) is 26.9 Å². The number of ether oxygens (including phenoxy) is 1. The monoisotopic (exact) mass is 448 g/mol. The Labute approximate surface area is 190 Å². The standard InChI is InChI=1S/C24H21FN4O3.CH4/c1-15(17-5-7-18(8-6-17)23(31)32-2)27-24-26-13-19-9-12-21(30)29(22(19)28-24)14-16-3-10-20(25)11-4-16;/h3-13,15H,14H2,1-2H3,(H,26,27,28);1H4/t15-;/m0./s1. The van der Waals surface area contributed by atoms with Crippen LogP contribution in [0.15, 0.2) is 71.7 Å². The zero-order chi connectivity index (χ0) is 22.7. The lowest BCUT2D eigenvalue weighted by molar-refractivity contribution is 0.0600. The first-order chi connectivity index (χ1) is 15.4. The molecule has 0 unspecified atom stereocenters. The quantitative estimate of drug-likeness (QED) is 0.435. The second-order valence-corrected chi connectivity index (χ2v) is 7.34. The van der Waals surface area contributed by atoms with E-state index in [1.807, 2.05) is 19.1 Å². The first kappa shape index (κ1) is 23.6. The lowest BCUT2D eigenvalue weighted by Gasteiger charge is -2.16. The Hall–Kier alpha value is -4.07. The first-order valence-electron chi connectivity index (χ1n) is 10.0. The van der Waals surface area contributed by atoms with Gasteiger partial charge in [0, 0.05) is 17.6 Å². The molecule has 7 nitrogen and oxygen atoms in total. The highest BCUT2D eigenvalue weighted by Gasteiger charge is 2.12. The summed E-state index contributed by atoms with van der Waals surface area (Å²) < 4.78 is 19.5. The molecule has 2 aromatic heterocycles. The Kier molecular flexibility index (Phi) is 7.17. The largest absolute Gasteiger partial charge is 0.465 e. The average Bonchev–Trinajstić information content (AvgIpc) is 2.82. The van der Waals surface area contributed by atoms with E-state index in [-0.39, 0.29) is 31.4 Å². The van der Waals surface area contributed by atoms with Crippen LogP contribution >= 0.6 is 0 Å².